The highest BCUT2D eigenvalue weighted by Crippen LogP contribution is 2.09. The molecule has 0 saturated carbocycles. The summed E-state index contributed by atoms with van der Waals surface area (Å²) in [6.45, 7) is 8.50. The van der Waals surface area contributed by atoms with Crippen molar-refractivity contribution < 1.29 is 0 Å². The molecule has 0 saturated heterocycles. The van der Waals surface area contributed by atoms with Crippen molar-refractivity contribution in [2.45, 2.75) is 46.6 Å². The average molecular weight is 195 g/mol. The Balaban J connectivity index is 2.54. The molecule has 1 N–H and O–H groups in total. The molecule has 3 heteroatoms. The Hall–Kier alpha value is -0.990. The van der Waals surface area contributed by atoms with Crippen LogP contribution in [0.5, 0.6) is 0 Å². The van der Waals surface area contributed by atoms with E-state index in [-0.39, 0.29) is 0 Å². The molecule has 1 aromatic rings. The lowest BCUT2D eigenvalue weighted by molar-refractivity contribution is 0.679. The summed E-state index contributed by atoms with van der Waals surface area (Å²) in [7, 11) is 0. The van der Waals surface area contributed by atoms with Crippen LogP contribution in [-0.4, -0.2) is 16.1 Å². The molecule has 1 heterocycles. The van der Waals surface area contributed by atoms with Crippen LogP contribution in [0.25, 0.3) is 0 Å². The first-order chi connectivity index (χ1) is 6.77. The van der Waals surface area contributed by atoms with Crippen LogP contribution in [-0.2, 0) is 6.54 Å². The number of rotatable bonds is 6. The Morgan fingerprint density at radius 3 is 2.79 bits per heavy atom. The van der Waals surface area contributed by atoms with Crippen molar-refractivity contribution in [1.29, 1.82) is 0 Å². The summed E-state index contributed by atoms with van der Waals surface area (Å²) in [6.07, 6.45) is 5.69. The van der Waals surface area contributed by atoms with Crippen molar-refractivity contribution in [3.8, 4) is 0 Å². The lowest BCUT2D eigenvalue weighted by atomic mass is 10.3. The van der Waals surface area contributed by atoms with Gasteiger partial charge >= 0.3 is 0 Å². The van der Waals surface area contributed by atoms with Crippen LogP contribution >= 0.6 is 0 Å². The molecular weight excluding hydrogens is 174 g/mol. The van der Waals surface area contributed by atoms with E-state index in [0.717, 1.165) is 31.2 Å². The van der Waals surface area contributed by atoms with Crippen LogP contribution in [0, 0.1) is 6.92 Å². The van der Waals surface area contributed by atoms with Crippen molar-refractivity contribution in [1.82, 2.24) is 9.55 Å². The number of nitrogens with one attached hydrogen (secondary N) is 1. The van der Waals surface area contributed by atoms with Gasteiger partial charge in [-0.15, -0.1) is 0 Å². The molecule has 0 aliphatic heterocycles. The van der Waals surface area contributed by atoms with E-state index in [1.54, 1.807) is 0 Å². The molecule has 0 atom stereocenters. The third-order valence-electron chi connectivity index (χ3n) is 2.17. The predicted octanol–water partition coefficient (Wildman–Crippen LogP) is 2.81. The van der Waals surface area contributed by atoms with E-state index in [1.807, 2.05) is 6.92 Å². The number of aromatic nitrogens is 2. The fourth-order valence-corrected chi connectivity index (χ4v) is 1.48. The van der Waals surface area contributed by atoms with Crippen molar-refractivity contribution in [3.63, 3.8) is 0 Å². The first-order valence-corrected chi connectivity index (χ1v) is 5.55. The first-order valence-electron chi connectivity index (χ1n) is 5.55. The first kappa shape index (κ1) is 11.1. The molecule has 3 nitrogen and oxygen atoms in total. The topological polar surface area (TPSA) is 29.9 Å². The van der Waals surface area contributed by atoms with Crippen LogP contribution in [0.4, 0.5) is 5.95 Å². The van der Waals surface area contributed by atoms with Gasteiger partial charge in [0.25, 0.3) is 0 Å². The molecule has 0 amide bonds. The zero-order valence-electron chi connectivity index (χ0n) is 9.51. The Labute approximate surface area is 86.5 Å². The number of unbranched alkanes of at least 4 members (excludes halogenated alkanes) is 1. The molecule has 0 unspecified atom stereocenters. The van der Waals surface area contributed by atoms with Crippen molar-refractivity contribution in [2.24, 2.45) is 0 Å². The van der Waals surface area contributed by atoms with Crippen molar-refractivity contribution in [2.75, 3.05) is 11.9 Å². The zero-order chi connectivity index (χ0) is 10.4. The van der Waals surface area contributed by atoms with E-state index >= 15 is 0 Å². The summed E-state index contributed by atoms with van der Waals surface area (Å²) in [5, 5.41) is 3.37. The normalized spacial score (nSPS) is 10.5. The molecule has 0 aliphatic rings. The smallest absolute Gasteiger partial charge is 0.203 e. The van der Waals surface area contributed by atoms with Gasteiger partial charge in [0.1, 0.15) is 0 Å². The largest absolute Gasteiger partial charge is 0.356 e. The number of hydrogen-bond donors (Lipinski definition) is 1. The lowest BCUT2D eigenvalue weighted by Crippen LogP contribution is -2.08. The van der Waals surface area contributed by atoms with E-state index in [2.05, 4.69) is 34.9 Å². The summed E-state index contributed by atoms with van der Waals surface area (Å²) < 4.78 is 2.20. The Morgan fingerprint density at radius 1 is 1.36 bits per heavy atom. The molecule has 1 aromatic heterocycles. The standard InChI is InChI=1S/C11H21N3/c1-4-6-7-12-11-13-10(3)9-14(11)8-5-2/h9H,4-8H2,1-3H3,(H,12,13). The number of aryl methyl sites for hydroxylation is 2. The minimum absolute atomic E-state index is 1.02. The summed E-state index contributed by atoms with van der Waals surface area (Å²) in [4.78, 5) is 4.45. The van der Waals surface area contributed by atoms with E-state index in [0.29, 0.717) is 0 Å². The van der Waals surface area contributed by atoms with Crippen molar-refractivity contribution >= 4 is 5.95 Å². The molecule has 80 valence electrons. The monoisotopic (exact) mass is 195 g/mol. The van der Waals surface area contributed by atoms with E-state index in [9.17, 15) is 0 Å². The third kappa shape index (κ3) is 3.05. The minimum atomic E-state index is 1.02. The number of nitrogens with zero attached hydrogens (tertiary/aromatic N) is 2. The maximum atomic E-state index is 4.45. The van der Waals surface area contributed by atoms with E-state index in [1.165, 1.54) is 12.8 Å². The maximum Gasteiger partial charge on any atom is 0.203 e. The van der Waals surface area contributed by atoms with Gasteiger partial charge in [-0.25, -0.2) is 4.98 Å². The molecule has 14 heavy (non-hydrogen) atoms. The van der Waals surface area contributed by atoms with Crippen LogP contribution in [0.2, 0.25) is 0 Å². The van der Waals surface area contributed by atoms with E-state index < -0.39 is 0 Å². The SMILES string of the molecule is CCCCNc1nc(C)cn1CCC. The van der Waals surface area contributed by atoms with Crippen LogP contribution in [0.15, 0.2) is 6.20 Å². The second kappa shape index (κ2) is 5.68. The summed E-state index contributed by atoms with van der Waals surface area (Å²) in [6, 6.07) is 0. The molecular formula is C11H21N3. The Bertz CT molecular complexity index is 265. The van der Waals surface area contributed by atoms with Crippen molar-refractivity contribution in [3.05, 3.63) is 11.9 Å². The fraction of sp³-hybridized carbons (Fsp3) is 0.727. The van der Waals surface area contributed by atoms with Crippen LogP contribution in [0.3, 0.4) is 0 Å². The fourth-order valence-electron chi connectivity index (χ4n) is 1.48. The maximum absolute atomic E-state index is 4.45. The number of hydrogen-bond acceptors (Lipinski definition) is 2. The highest BCUT2D eigenvalue weighted by molar-refractivity contribution is 5.28. The summed E-state index contributed by atoms with van der Waals surface area (Å²) in [5.74, 6) is 1.03. The van der Waals surface area contributed by atoms with Gasteiger partial charge in [0.05, 0.1) is 5.69 Å². The van der Waals surface area contributed by atoms with Gasteiger partial charge in [-0.2, -0.15) is 0 Å². The minimum Gasteiger partial charge on any atom is -0.356 e. The summed E-state index contributed by atoms with van der Waals surface area (Å²) in [5.41, 5.74) is 1.09. The number of imidazole rings is 1. The molecule has 0 spiro atoms. The Kier molecular flexibility index (Phi) is 4.50. The quantitative estimate of drug-likeness (QED) is 0.707. The molecule has 0 radical (unpaired) electrons. The molecule has 0 fully saturated rings. The second-order valence-electron chi connectivity index (χ2n) is 3.68. The molecule has 0 aliphatic carbocycles. The average Bonchev–Trinajstić information content (AvgIpc) is 2.48. The molecule has 1 rings (SSSR count). The highest BCUT2D eigenvalue weighted by Gasteiger charge is 2.02. The van der Waals surface area contributed by atoms with Crippen LogP contribution < -0.4 is 5.32 Å². The number of anilines is 1. The van der Waals surface area contributed by atoms with Crippen LogP contribution in [0.1, 0.15) is 38.8 Å². The second-order valence-corrected chi connectivity index (χ2v) is 3.68. The van der Waals surface area contributed by atoms with Gasteiger partial charge < -0.3 is 9.88 Å². The van der Waals surface area contributed by atoms with Gasteiger partial charge in [-0.3, -0.25) is 0 Å². The molecule has 0 aromatic carbocycles. The van der Waals surface area contributed by atoms with Gasteiger partial charge in [-0.1, -0.05) is 20.3 Å². The Morgan fingerprint density at radius 2 is 2.14 bits per heavy atom. The van der Waals surface area contributed by atoms with E-state index in [4.69, 9.17) is 0 Å². The van der Waals surface area contributed by atoms with Gasteiger partial charge in [0.15, 0.2) is 0 Å². The van der Waals surface area contributed by atoms with Gasteiger partial charge in [0.2, 0.25) is 5.95 Å². The summed E-state index contributed by atoms with van der Waals surface area (Å²) >= 11 is 0. The lowest BCUT2D eigenvalue weighted by Gasteiger charge is -2.07. The van der Waals surface area contributed by atoms with Gasteiger partial charge in [-0.05, 0) is 19.8 Å². The predicted molar refractivity (Wildman–Crippen MR) is 60.7 cm³/mol. The molecule has 0 bridgehead atoms. The van der Waals surface area contributed by atoms with Gasteiger partial charge in [0, 0.05) is 19.3 Å². The zero-order valence-corrected chi connectivity index (χ0v) is 9.51. The third-order valence-corrected chi connectivity index (χ3v) is 2.17. The highest BCUT2D eigenvalue weighted by atomic mass is 15.2.